The Morgan fingerprint density at radius 3 is 2.83 bits per heavy atom. The minimum atomic E-state index is -0.463. The highest BCUT2D eigenvalue weighted by atomic mass is 16.3. The van der Waals surface area contributed by atoms with Gasteiger partial charge in [-0.25, -0.2) is 0 Å². The van der Waals surface area contributed by atoms with Crippen LogP contribution >= 0.6 is 0 Å². The van der Waals surface area contributed by atoms with Gasteiger partial charge < -0.3 is 10.0 Å². The van der Waals surface area contributed by atoms with E-state index in [0.717, 1.165) is 19.4 Å². The molecular weight excluding hydrogens is 154 g/mol. The Bertz CT molecular complexity index is 170. The third-order valence-electron chi connectivity index (χ3n) is 2.52. The van der Waals surface area contributed by atoms with Gasteiger partial charge in [0.15, 0.2) is 0 Å². The van der Waals surface area contributed by atoms with Gasteiger partial charge in [0, 0.05) is 12.5 Å². The van der Waals surface area contributed by atoms with E-state index in [1.807, 2.05) is 7.05 Å². The number of hydrogen-bond donors (Lipinski definition) is 1. The molecule has 70 valence electrons. The van der Waals surface area contributed by atoms with Crippen LogP contribution in [0.1, 0.15) is 26.2 Å². The fourth-order valence-electron chi connectivity index (χ4n) is 1.85. The maximum Gasteiger partial charge on any atom is 0.132 e. The normalized spacial score (nSPS) is 27.4. The van der Waals surface area contributed by atoms with Gasteiger partial charge >= 0.3 is 0 Å². The van der Waals surface area contributed by atoms with Gasteiger partial charge in [0.1, 0.15) is 5.78 Å². The van der Waals surface area contributed by atoms with E-state index in [-0.39, 0.29) is 11.8 Å². The SMILES string of the molecule is CC(=O)CC(O)C1CCCN1C. The second-order valence-corrected chi connectivity index (χ2v) is 3.66. The standard InChI is InChI=1S/C9H17NO2/c1-7(11)6-9(12)8-4-3-5-10(8)2/h8-9,12H,3-6H2,1-2H3. The lowest BCUT2D eigenvalue weighted by atomic mass is 10.0. The number of aliphatic hydroxyl groups is 1. The van der Waals surface area contributed by atoms with Crippen LogP contribution in [0.4, 0.5) is 0 Å². The molecule has 0 bridgehead atoms. The number of carbonyl (C=O) groups excluding carboxylic acids is 1. The molecule has 1 fully saturated rings. The van der Waals surface area contributed by atoms with E-state index >= 15 is 0 Å². The predicted molar refractivity (Wildman–Crippen MR) is 47.0 cm³/mol. The summed E-state index contributed by atoms with van der Waals surface area (Å²) in [6.45, 7) is 2.57. The number of rotatable bonds is 3. The zero-order valence-corrected chi connectivity index (χ0v) is 7.79. The molecule has 0 saturated carbocycles. The molecule has 1 rings (SSSR count). The number of hydrogen-bond acceptors (Lipinski definition) is 3. The first-order valence-electron chi connectivity index (χ1n) is 4.49. The minimum absolute atomic E-state index is 0.0720. The summed E-state index contributed by atoms with van der Waals surface area (Å²) in [4.78, 5) is 12.9. The molecule has 1 aliphatic heterocycles. The van der Waals surface area contributed by atoms with Crippen molar-refractivity contribution in [3.63, 3.8) is 0 Å². The molecule has 1 heterocycles. The van der Waals surface area contributed by atoms with E-state index < -0.39 is 6.10 Å². The van der Waals surface area contributed by atoms with E-state index in [4.69, 9.17) is 0 Å². The van der Waals surface area contributed by atoms with Crippen LogP contribution in [0.2, 0.25) is 0 Å². The summed E-state index contributed by atoms with van der Waals surface area (Å²) in [7, 11) is 2.00. The Balaban J connectivity index is 2.40. The summed E-state index contributed by atoms with van der Waals surface area (Å²) in [5.74, 6) is 0.0720. The van der Waals surface area contributed by atoms with E-state index in [0.29, 0.717) is 6.42 Å². The summed E-state index contributed by atoms with van der Waals surface area (Å²) < 4.78 is 0. The van der Waals surface area contributed by atoms with Gasteiger partial charge in [-0.3, -0.25) is 4.79 Å². The van der Waals surface area contributed by atoms with Crippen molar-refractivity contribution in [3.05, 3.63) is 0 Å². The molecule has 0 aromatic heterocycles. The Morgan fingerprint density at radius 2 is 2.42 bits per heavy atom. The van der Waals surface area contributed by atoms with E-state index in [1.54, 1.807) is 0 Å². The second kappa shape index (κ2) is 4.01. The van der Waals surface area contributed by atoms with Crippen molar-refractivity contribution in [2.75, 3.05) is 13.6 Å². The Labute approximate surface area is 73.4 Å². The summed E-state index contributed by atoms with van der Waals surface area (Å²) >= 11 is 0. The van der Waals surface area contributed by atoms with Gasteiger partial charge in [-0.1, -0.05) is 0 Å². The first-order chi connectivity index (χ1) is 5.61. The van der Waals surface area contributed by atoms with Crippen LogP contribution in [-0.4, -0.2) is 41.5 Å². The smallest absolute Gasteiger partial charge is 0.132 e. The first kappa shape index (κ1) is 9.68. The zero-order chi connectivity index (χ0) is 9.14. The van der Waals surface area contributed by atoms with Crippen LogP contribution in [0.3, 0.4) is 0 Å². The molecule has 1 N–H and O–H groups in total. The van der Waals surface area contributed by atoms with Gasteiger partial charge in [0.25, 0.3) is 0 Å². The van der Waals surface area contributed by atoms with Crippen molar-refractivity contribution in [1.29, 1.82) is 0 Å². The fourth-order valence-corrected chi connectivity index (χ4v) is 1.85. The lowest BCUT2D eigenvalue weighted by molar-refractivity contribution is -0.119. The lowest BCUT2D eigenvalue weighted by Crippen LogP contribution is -2.37. The number of likely N-dealkylation sites (tertiary alicyclic amines) is 1. The Morgan fingerprint density at radius 1 is 1.75 bits per heavy atom. The average molecular weight is 171 g/mol. The Kier molecular flexibility index (Phi) is 3.23. The van der Waals surface area contributed by atoms with Gasteiger partial charge in [-0.2, -0.15) is 0 Å². The van der Waals surface area contributed by atoms with Crippen molar-refractivity contribution >= 4 is 5.78 Å². The van der Waals surface area contributed by atoms with Crippen molar-refractivity contribution in [3.8, 4) is 0 Å². The van der Waals surface area contributed by atoms with Crippen LogP contribution in [0, 0.1) is 0 Å². The first-order valence-corrected chi connectivity index (χ1v) is 4.49. The van der Waals surface area contributed by atoms with E-state index in [9.17, 15) is 9.90 Å². The number of aliphatic hydroxyl groups excluding tert-OH is 1. The van der Waals surface area contributed by atoms with Crippen molar-refractivity contribution < 1.29 is 9.90 Å². The van der Waals surface area contributed by atoms with Gasteiger partial charge in [0.2, 0.25) is 0 Å². The van der Waals surface area contributed by atoms with Crippen LogP contribution in [0.5, 0.6) is 0 Å². The molecule has 1 aliphatic rings. The predicted octanol–water partition coefficient (Wildman–Crippen LogP) is 0.421. The maximum atomic E-state index is 10.7. The quantitative estimate of drug-likeness (QED) is 0.669. The highest BCUT2D eigenvalue weighted by Gasteiger charge is 2.28. The van der Waals surface area contributed by atoms with Gasteiger partial charge in [-0.05, 0) is 33.4 Å². The van der Waals surface area contributed by atoms with Gasteiger partial charge in [0.05, 0.1) is 6.10 Å². The summed E-state index contributed by atoms with van der Waals surface area (Å²) in [5, 5.41) is 9.63. The average Bonchev–Trinajstić information content (AvgIpc) is 2.33. The molecule has 0 radical (unpaired) electrons. The zero-order valence-electron chi connectivity index (χ0n) is 7.79. The van der Waals surface area contributed by atoms with Crippen molar-refractivity contribution in [2.24, 2.45) is 0 Å². The molecule has 0 amide bonds. The molecule has 12 heavy (non-hydrogen) atoms. The third-order valence-corrected chi connectivity index (χ3v) is 2.52. The van der Waals surface area contributed by atoms with Crippen LogP contribution in [-0.2, 0) is 4.79 Å². The minimum Gasteiger partial charge on any atom is -0.391 e. The summed E-state index contributed by atoms with van der Waals surface area (Å²) in [6.07, 6.45) is 1.99. The number of carbonyl (C=O) groups is 1. The van der Waals surface area contributed by atoms with Crippen LogP contribution in [0.25, 0.3) is 0 Å². The molecule has 2 unspecified atom stereocenters. The maximum absolute atomic E-state index is 10.7. The van der Waals surface area contributed by atoms with Crippen LogP contribution in [0.15, 0.2) is 0 Å². The molecule has 0 spiro atoms. The molecule has 0 aliphatic carbocycles. The lowest BCUT2D eigenvalue weighted by Gasteiger charge is -2.23. The second-order valence-electron chi connectivity index (χ2n) is 3.66. The van der Waals surface area contributed by atoms with Crippen molar-refractivity contribution in [1.82, 2.24) is 4.90 Å². The number of Topliss-reactive ketones (excluding diaryl/α,β-unsaturated/α-hetero) is 1. The highest BCUT2D eigenvalue weighted by molar-refractivity contribution is 5.76. The summed E-state index contributed by atoms with van der Waals surface area (Å²) in [5.41, 5.74) is 0. The number of likely N-dealkylation sites (N-methyl/N-ethyl adjacent to an activating group) is 1. The Hall–Kier alpha value is -0.410. The molecule has 3 nitrogen and oxygen atoms in total. The molecule has 2 atom stereocenters. The molecule has 3 heteroatoms. The monoisotopic (exact) mass is 171 g/mol. The number of nitrogens with zero attached hydrogens (tertiary/aromatic N) is 1. The highest BCUT2D eigenvalue weighted by Crippen LogP contribution is 2.19. The fraction of sp³-hybridized carbons (Fsp3) is 0.889. The molecular formula is C9H17NO2. The van der Waals surface area contributed by atoms with Crippen LogP contribution < -0.4 is 0 Å². The van der Waals surface area contributed by atoms with Gasteiger partial charge in [-0.15, -0.1) is 0 Å². The van der Waals surface area contributed by atoms with E-state index in [2.05, 4.69) is 4.90 Å². The molecule has 0 aromatic rings. The van der Waals surface area contributed by atoms with E-state index in [1.165, 1.54) is 6.92 Å². The third kappa shape index (κ3) is 2.29. The molecule has 1 saturated heterocycles. The number of ketones is 1. The molecule has 0 aromatic carbocycles. The van der Waals surface area contributed by atoms with Crippen molar-refractivity contribution in [2.45, 2.75) is 38.3 Å². The largest absolute Gasteiger partial charge is 0.391 e. The topological polar surface area (TPSA) is 40.5 Å². The summed E-state index contributed by atoms with van der Waals surface area (Å²) in [6, 6.07) is 0.203.